The molecule has 0 saturated heterocycles. The summed E-state index contributed by atoms with van der Waals surface area (Å²) in [7, 11) is 0. The number of aromatic hydroxyl groups is 2. The number of hydrogen-bond donors (Lipinski definition) is 2. The first-order valence-electron chi connectivity index (χ1n) is 19.1. The van der Waals surface area contributed by atoms with E-state index in [0.29, 0.717) is 22.3 Å². The Labute approximate surface area is 303 Å². The first-order valence-corrected chi connectivity index (χ1v) is 19.1. The lowest BCUT2D eigenvalue weighted by atomic mass is 9.60. The Morgan fingerprint density at radius 1 is 0.481 bits per heavy atom. The van der Waals surface area contributed by atoms with Crippen molar-refractivity contribution in [2.45, 2.75) is 77.4 Å². The molecule has 2 N–H and O–H groups in total. The lowest BCUT2D eigenvalue weighted by molar-refractivity contribution is -0.340. The van der Waals surface area contributed by atoms with Crippen LogP contribution in [0.15, 0.2) is 72.8 Å². The van der Waals surface area contributed by atoms with E-state index >= 15 is 0 Å². The number of hydrogen-bond acceptors (Lipinski definition) is 8. The molecule has 3 aliphatic rings. The smallest absolute Gasteiger partial charge is 0.173 e. The molecular formula is C44H46N2O6. The van der Waals surface area contributed by atoms with Crippen molar-refractivity contribution in [3.05, 3.63) is 83.9 Å². The fourth-order valence-electron chi connectivity index (χ4n) is 9.62. The molecule has 6 aromatic rings. The van der Waals surface area contributed by atoms with Crippen molar-refractivity contribution in [1.29, 1.82) is 0 Å². The van der Waals surface area contributed by atoms with Crippen LogP contribution in [-0.4, -0.2) is 48.6 Å². The molecule has 2 aliphatic heterocycles. The van der Waals surface area contributed by atoms with Gasteiger partial charge < -0.3 is 29.8 Å². The average molecular weight is 699 g/mol. The SMILES string of the molecule is CCCN(CCC)c1c2cccc(O)c2c(C2C3OOc4cccc5c(N(CCC)CCC)c6cccc7c6c(c45)C3C2OO7)c2c(O)cccc12. The molecule has 6 aromatic carbocycles. The zero-order valence-corrected chi connectivity index (χ0v) is 30.3. The van der Waals surface area contributed by atoms with Gasteiger partial charge in [-0.3, -0.25) is 0 Å². The van der Waals surface area contributed by atoms with Crippen LogP contribution in [-0.2, 0) is 9.78 Å². The molecule has 2 unspecified atom stereocenters. The molecule has 0 spiro atoms. The van der Waals surface area contributed by atoms with Gasteiger partial charge in [-0.15, -0.1) is 0 Å². The lowest BCUT2D eigenvalue weighted by Crippen LogP contribution is -2.54. The number of nitrogens with zero attached hydrogens (tertiary/aromatic N) is 2. The van der Waals surface area contributed by atoms with Gasteiger partial charge in [-0.05, 0) is 61.1 Å². The minimum absolute atomic E-state index is 0.145. The van der Waals surface area contributed by atoms with Crippen LogP contribution < -0.4 is 19.6 Å². The van der Waals surface area contributed by atoms with E-state index in [-0.39, 0.29) is 17.4 Å². The normalized spacial score (nSPS) is 20.1. The molecular weight excluding hydrogens is 652 g/mol. The second kappa shape index (κ2) is 12.9. The molecule has 0 amide bonds. The van der Waals surface area contributed by atoms with Crippen molar-refractivity contribution >= 4 is 54.5 Å². The van der Waals surface area contributed by atoms with Crippen molar-refractivity contribution in [2.24, 2.45) is 0 Å². The summed E-state index contributed by atoms with van der Waals surface area (Å²) in [6.07, 6.45) is 2.95. The Balaban J connectivity index is 1.32. The third kappa shape index (κ3) is 4.66. The third-order valence-electron chi connectivity index (χ3n) is 11.4. The summed E-state index contributed by atoms with van der Waals surface area (Å²) >= 11 is 0. The predicted molar refractivity (Wildman–Crippen MR) is 208 cm³/mol. The number of anilines is 2. The molecule has 2 atom stereocenters. The van der Waals surface area contributed by atoms with E-state index in [0.717, 1.165) is 101 Å². The van der Waals surface area contributed by atoms with Crippen LogP contribution in [0, 0.1) is 0 Å². The minimum Gasteiger partial charge on any atom is -0.507 e. The highest BCUT2D eigenvalue weighted by atomic mass is 17.2. The van der Waals surface area contributed by atoms with Crippen molar-refractivity contribution < 1.29 is 29.8 Å². The average Bonchev–Trinajstić information content (AvgIpc) is 3.36. The topological polar surface area (TPSA) is 83.9 Å². The first kappa shape index (κ1) is 33.0. The quantitative estimate of drug-likeness (QED) is 0.102. The van der Waals surface area contributed by atoms with Gasteiger partial charge in [0.1, 0.15) is 23.7 Å². The fraction of sp³-hybridized carbons (Fsp3) is 0.364. The molecule has 0 radical (unpaired) electrons. The van der Waals surface area contributed by atoms with Gasteiger partial charge >= 0.3 is 0 Å². The Morgan fingerprint density at radius 3 is 1.21 bits per heavy atom. The molecule has 1 saturated carbocycles. The van der Waals surface area contributed by atoms with Crippen molar-refractivity contribution in [3.63, 3.8) is 0 Å². The van der Waals surface area contributed by atoms with Gasteiger partial charge in [0, 0.05) is 81.1 Å². The van der Waals surface area contributed by atoms with Crippen molar-refractivity contribution in [2.75, 3.05) is 36.0 Å². The second-order valence-corrected chi connectivity index (χ2v) is 14.6. The summed E-state index contributed by atoms with van der Waals surface area (Å²) in [6.45, 7) is 12.3. The van der Waals surface area contributed by atoms with Gasteiger partial charge in [0.25, 0.3) is 0 Å². The van der Waals surface area contributed by atoms with E-state index in [1.807, 2.05) is 36.4 Å². The summed E-state index contributed by atoms with van der Waals surface area (Å²) in [5.74, 6) is 0.913. The van der Waals surface area contributed by atoms with Gasteiger partial charge in [0.2, 0.25) is 0 Å². The second-order valence-electron chi connectivity index (χ2n) is 14.6. The number of phenolic OH excluding ortho intramolecular Hbond substituents is 2. The maximum atomic E-state index is 11.8. The molecule has 52 heavy (non-hydrogen) atoms. The Bertz CT molecular complexity index is 2200. The monoisotopic (exact) mass is 698 g/mol. The number of fused-ring (bicyclic) bond motifs is 2. The van der Waals surface area contributed by atoms with E-state index in [1.54, 1.807) is 12.1 Å². The minimum atomic E-state index is -0.509. The highest BCUT2D eigenvalue weighted by Crippen LogP contribution is 2.63. The summed E-state index contributed by atoms with van der Waals surface area (Å²) in [6, 6.07) is 23.9. The van der Waals surface area contributed by atoms with Crippen LogP contribution in [0.4, 0.5) is 11.4 Å². The van der Waals surface area contributed by atoms with E-state index in [1.165, 1.54) is 5.69 Å². The van der Waals surface area contributed by atoms with E-state index in [4.69, 9.17) is 19.6 Å². The van der Waals surface area contributed by atoms with Gasteiger partial charge in [-0.2, -0.15) is 9.78 Å². The fourth-order valence-corrected chi connectivity index (χ4v) is 9.62. The van der Waals surface area contributed by atoms with E-state index in [2.05, 4.69) is 61.8 Å². The Morgan fingerprint density at radius 2 is 0.827 bits per heavy atom. The predicted octanol–water partition coefficient (Wildman–Crippen LogP) is 10.2. The van der Waals surface area contributed by atoms with Crippen molar-refractivity contribution in [1.82, 2.24) is 0 Å². The number of phenols is 2. The summed E-state index contributed by atoms with van der Waals surface area (Å²) in [4.78, 5) is 30.7. The van der Waals surface area contributed by atoms with Crippen LogP contribution in [0.5, 0.6) is 23.0 Å². The molecule has 9 rings (SSSR count). The number of rotatable bonds is 11. The molecule has 8 heteroatoms. The summed E-state index contributed by atoms with van der Waals surface area (Å²) in [5, 5.41) is 31.1. The Kier molecular flexibility index (Phi) is 8.20. The highest BCUT2D eigenvalue weighted by molar-refractivity contribution is 6.19. The van der Waals surface area contributed by atoms with Gasteiger partial charge in [-0.25, -0.2) is 0 Å². The molecule has 1 fully saturated rings. The first-order chi connectivity index (χ1) is 25.5. The zero-order valence-electron chi connectivity index (χ0n) is 30.3. The maximum Gasteiger partial charge on any atom is 0.173 e. The van der Waals surface area contributed by atoms with Gasteiger partial charge in [0.05, 0.1) is 11.4 Å². The largest absolute Gasteiger partial charge is 0.507 e. The van der Waals surface area contributed by atoms with E-state index in [9.17, 15) is 10.2 Å². The maximum absolute atomic E-state index is 11.8. The summed E-state index contributed by atoms with van der Waals surface area (Å²) < 4.78 is 0. The van der Waals surface area contributed by atoms with Crippen LogP contribution in [0.25, 0.3) is 43.1 Å². The summed E-state index contributed by atoms with van der Waals surface area (Å²) in [5.41, 5.74) is 4.06. The molecule has 1 aliphatic carbocycles. The molecule has 0 aromatic heterocycles. The van der Waals surface area contributed by atoms with Gasteiger partial charge in [0.15, 0.2) is 11.5 Å². The Hall–Kier alpha value is -4.92. The van der Waals surface area contributed by atoms with E-state index < -0.39 is 18.1 Å². The highest BCUT2D eigenvalue weighted by Gasteiger charge is 2.60. The lowest BCUT2D eigenvalue weighted by Gasteiger charge is -2.48. The van der Waals surface area contributed by atoms with Crippen LogP contribution in [0.3, 0.4) is 0 Å². The molecule has 0 bridgehead atoms. The molecule has 2 heterocycles. The number of benzene rings is 6. The standard InChI is InChI=1S/C44H46N2O6/c1-5-21-45(22-6-2)41-25-13-9-17-29(47)33(25)37(34-26(41)14-10-18-30(34)48)39-43-40-38-35-27(15-11-19-31(35)49-51-43)42(46(23-7-3)24-8-4)28-16-12-20-32(36(28)38)50-52-44(39)40/h9-20,39-40,43-44,47-48H,5-8,21-24H2,1-4H3. The van der Waals surface area contributed by atoms with Crippen molar-refractivity contribution in [3.8, 4) is 23.0 Å². The van der Waals surface area contributed by atoms with Crippen LogP contribution >= 0.6 is 0 Å². The third-order valence-corrected chi connectivity index (χ3v) is 11.4. The van der Waals surface area contributed by atoms with Crippen LogP contribution in [0.1, 0.15) is 76.3 Å². The molecule has 8 nitrogen and oxygen atoms in total. The molecule has 268 valence electrons. The van der Waals surface area contributed by atoms with Gasteiger partial charge in [-0.1, -0.05) is 76.2 Å². The van der Waals surface area contributed by atoms with Crippen LogP contribution in [0.2, 0.25) is 0 Å². The zero-order chi connectivity index (χ0) is 35.7.